The number of nitrogens with zero attached hydrogens (tertiary/aromatic N) is 2. The van der Waals surface area contributed by atoms with Crippen LogP contribution >= 0.6 is 11.6 Å². The van der Waals surface area contributed by atoms with Crippen LogP contribution in [0, 0.1) is 0 Å². The molecule has 35 heavy (non-hydrogen) atoms. The van der Waals surface area contributed by atoms with E-state index in [1.165, 1.54) is 0 Å². The molecule has 5 rings (SSSR count). The van der Waals surface area contributed by atoms with E-state index in [1.54, 1.807) is 12.0 Å². The van der Waals surface area contributed by atoms with E-state index in [9.17, 15) is 9.59 Å². The second-order valence-corrected chi connectivity index (χ2v) is 9.11. The first kappa shape index (κ1) is 23.0. The third-order valence-electron chi connectivity index (χ3n) is 6.59. The van der Waals surface area contributed by atoms with Gasteiger partial charge in [-0.15, -0.1) is 0 Å². The molecule has 1 aromatic heterocycles. The zero-order valence-electron chi connectivity index (χ0n) is 19.6. The Balaban J connectivity index is 1.42. The molecule has 1 N–H and O–H groups in total. The van der Waals surface area contributed by atoms with Crippen LogP contribution in [0.1, 0.15) is 33.2 Å². The Labute approximate surface area is 209 Å². The molecule has 1 aliphatic rings. The SMILES string of the molecule is COc1ccc([C@@H]2c3c(n(C)c4ccccc34)C(=O)N2CC(=O)NCCc2ccc(Cl)cc2)cc1. The molecule has 0 aliphatic carbocycles. The standard InChI is InChI=1S/C28H26ClN3O3/c1-31-23-6-4-3-5-22(23)25-26(19-9-13-21(35-2)14-10-19)32(28(34)27(25)31)17-24(33)30-16-15-18-7-11-20(29)12-8-18/h3-14,26H,15-17H2,1-2H3,(H,30,33)/t26-/m1/s1. The summed E-state index contributed by atoms with van der Waals surface area (Å²) in [5, 5.41) is 4.66. The lowest BCUT2D eigenvalue weighted by atomic mass is 9.98. The van der Waals surface area contributed by atoms with Gasteiger partial charge in [-0.3, -0.25) is 9.59 Å². The van der Waals surface area contributed by atoms with E-state index in [0.717, 1.165) is 33.3 Å². The zero-order valence-corrected chi connectivity index (χ0v) is 20.4. The number of nitrogens with one attached hydrogen (secondary N) is 1. The molecule has 1 atom stereocenters. The zero-order chi connectivity index (χ0) is 24.5. The first-order valence-electron chi connectivity index (χ1n) is 11.5. The molecule has 0 radical (unpaired) electrons. The van der Waals surface area contributed by atoms with Crippen LogP contribution in [0.4, 0.5) is 0 Å². The predicted molar refractivity (Wildman–Crippen MR) is 137 cm³/mol. The van der Waals surface area contributed by atoms with Gasteiger partial charge in [-0.2, -0.15) is 0 Å². The molecule has 0 saturated carbocycles. The third kappa shape index (κ3) is 4.26. The van der Waals surface area contributed by atoms with Crippen molar-refractivity contribution in [1.29, 1.82) is 0 Å². The average Bonchev–Trinajstić information content (AvgIpc) is 3.32. The van der Waals surface area contributed by atoms with Gasteiger partial charge in [0.25, 0.3) is 5.91 Å². The van der Waals surface area contributed by atoms with Crippen molar-refractivity contribution < 1.29 is 14.3 Å². The largest absolute Gasteiger partial charge is 0.497 e. The van der Waals surface area contributed by atoms with Gasteiger partial charge in [0.05, 0.1) is 13.2 Å². The monoisotopic (exact) mass is 487 g/mol. The molecule has 2 amide bonds. The third-order valence-corrected chi connectivity index (χ3v) is 6.84. The summed E-state index contributed by atoms with van der Waals surface area (Å²) in [5.41, 5.74) is 4.58. The summed E-state index contributed by atoms with van der Waals surface area (Å²) in [6, 6.07) is 22.9. The lowest BCUT2D eigenvalue weighted by Gasteiger charge is -2.26. The van der Waals surface area contributed by atoms with Crippen molar-refractivity contribution in [3.05, 3.63) is 100 Å². The number of aryl methyl sites for hydroxylation is 1. The van der Waals surface area contributed by atoms with Crippen molar-refractivity contribution >= 4 is 34.3 Å². The molecule has 1 aliphatic heterocycles. The molecular formula is C28H26ClN3O3. The number of hydrogen-bond donors (Lipinski definition) is 1. The van der Waals surface area contributed by atoms with E-state index in [1.807, 2.05) is 84.4 Å². The average molecular weight is 488 g/mol. The summed E-state index contributed by atoms with van der Waals surface area (Å²) in [5.74, 6) is 0.401. The molecule has 0 spiro atoms. The van der Waals surface area contributed by atoms with Crippen molar-refractivity contribution in [1.82, 2.24) is 14.8 Å². The van der Waals surface area contributed by atoms with Crippen LogP contribution in [-0.2, 0) is 18.3 Å². The number of aromatic nitrogens is 1. The highest BCUT2D eigenvalue weighted by molar-refractivity contribution is 6.30. The molecule has 0 fully saturated rings. The van der Waals surface area contributed by atoms with Crippen LogP contribution in [0.2, 0.25) is 5.02 Å². The number of carbonyl (C=O) groups excluding carboxylic acids is 2. The number of halogens is 1. The summed E-state index contributed by atoms with van der Waals surface area (Å²) in [4.78, 5) is 28.2. The fourth-order valence-corrected chi connectivity index (χ4v) is 5.00. The minimum absolute atomic E-state index is 0.0286. The maximum absolute atomic E-state index is 13.6. The fraction of sp³-hybridized carbons (Fsp3) is 0.214. The van der Waals surface area contributed by atoms with Gasteiger partial charge < -0.3 is 19.5 Å². The van der Waals surface area contributed by atoms with Crippen molar-refractivity contribution in [2.75, 3.05) is 20.2 Å². The number of amides is 2. The molecular weight excluding hydrogens is 462 g/mol. The smallest absolute Gasteiger partial charge is 0.272 e. The lowest BCUT2D eigenvalue weighted by molar-refractivity contribution is -0.122. The van der Waals surface area contributed by atoms with Gasteiger partial charge >= 0.3 is 0 Å². The van der Waals surface area contributed by atoms with E-state index in [2.05, 4.69) is 5.32 Å². The van der Waals surface area contributed by atoms with Gasteiger partial charge in [-0.05, 0) is 47.9 Å². The number of rotatable bonds is 7. The summed E-state index contributed by atoms with van der Waals surface area (Å²) in [6.07, 6.45) is 0.684. The van der Waals surface area contributed by atoms with Gasteiger partial charge in [0.15, 0.2) is 0 Å². The molecule has 7 heteroatoms. The molecule has 6 nitrogen and oxygen atoms in total. The Morgan fingerprint density at radius 3 is 2.46 bits per heavy atom. The molecule has 0 bridgehead atoms. The number of hydrogen-bond acceptors (Lipinski definition) is 3. The lowest BCUT2D eigenvalue weighted by Crippen LogP contribution is -2.40. The van der Waals surface area contributed by atoms with Crippen molar-refractivity contribution in [2.45, 2.75) is 12.5 Å². The van der Waals surface area contributed by atoms with E-state index < -0.39 is 0 Å². The number of fused-ring (bicyclic) bond motifs is 3. The first-order valence-corrected chi connectivity index (χ1v) is 11.9. The fourth-order valence-electron chi connectivity index (χ4n) is 4.87. The molecule has 178 valence electrons. The Kier molecular flexibility index (Phi) is 6.22. The molecule has 0 unspecified atom stereocenters. The predicted octanol–water partition coefficient (Wildman–Crippen LogP) is 4.74. The van der Waals surface area contributed by atoms with E-state index in [4.69, 9.17) is 16.3 Å². The summed E-state index contributed by atoms with van der Waals surface area (Å²) < 4.78 is 7.25. The summed E-state index contributed by atoms with van der Waals surface area (Å²) >= 11 is 5.95. The van der Waals surface area contributed by atoms with Crippen LogP contribution < -0.4 is 10.1 Å². The Morgan fingerprint density at radius 2 is 1.74 bits per heavy atom. The molecule has 4 aromatic rings. The second-order valence-electron chi connectivity index (χ2n) is 8.67. The summed E-state index contributed by atoms with van der Waals surface area (Å²) in [7, 11) is 3.53. The van der Waals surface area contributed by atoms with Crippen LogP contribution in [0.3, 0.4) is 0 Å². The molecule has 2 heterocycles. The molecule has 3 aromatic carbocycles. The van der Waals surface area contributed by atoms with Gasteiger partial charge in [0.1, 0.15) is 18.0 Å². The Bertz CT molecular complexity index is 1390. The van der Waals surface area contributed by atoms with E-state index >= 15 is 0 Å². The number of carbonyl (C=O) groups is 2. The van der Waals surface area contributed by atoms with Gasteiger partial charge in [0.2, 0.25) is 5.91 Å². The number of benzene rings is 3. The highest BCUT2D eigenvalue weighted by Gasteiger charge is 2.42. The minimum atomic E-state index is -0.364. The highest BCUT2D eigenvalue weighted by atomic mass is 35.5. The maximum atomic E-state index is 13.6. The van der Waals surface area contributed by atoms with Gasteiger partial charge in [-0.25, -0.2) is 0 Å². The highest BCUT2D eigenvalue weighted by Crippen LogP contribution is 2.43. The van der Waals surface area contributed by atoms with Crippen molar-refractivity contribution in [3.8, 4) is 5.75 Å². The van der Waals surface area contributed by atoms with Gasteiger partial charge in [0, 0.05) is 35.1 Å². The van der Waals surface area contributed by atoms with Crippen LogP contribution in [0.5, 0.6) is 5.75 Å². The van der Waals surface area contributed by atoms with E-state index in [0.29, 0.717) is 23.7 Å². The molecule has 0 saturated heterocycles. The normalized spacial score (nSPS) is 14.9. The topological polar surface area (TPSA) is 63.6 Å². The van der Waals surface area contributed by atoms with Crippen LogP contribution in [0.15, 0.2) is 72.8 Å². The summed E-state index contributed by atoms with van der Waals surface area (Å²) in [6.45, 7) is 0.449. The number of para-hydroxylation sites is 1. The maximum Gasteiger partial charge on any atom is 0.272 e. The van der Waals surface area contributed by atoms with Crippen molar-refractivity contribution in [2.24, 2.45) is 7.05 Å². The Hall–Kier alpha value is -3.77. The first-order chi connectivity index (χ1) is 17.0. The van der Waals surface area contributed by atoms with E-state index in [-0.39, 0.29) is 24.4 Å². The van der Waals surface area contributed by atoms with Crippen LogP contribution in [0.25, 0.3) is 10.9 Å². The van der Waals surface area contributed by atoms with Crippen LogP contribution in [-0.4, -0.2) is 41.5 Å². The number of ether oxygens (including phenoxy) is 1. The second kappa shape index (κ2) is 9.47. The minimum Gasteiger partial charge on any atom is -0.497 e. The Morgan fingerprint density at radius 1 is 1.03 bits per heavy atom. The van der Waals surface area contributed by atoms with Crippen molar-refractivity contribution in [3.63, 3.8) is 0 Å². The number of methoxy groups -OCH3 is 1. The van der Waals surface area contributed by atoms with Gasteiger partial charge in [-0.1, -0.05) is 54.1 Å². The quantitative estimate of drug-likeness (QED) is 0.409.